The van der Waals surface area contributed by atoms with Crippen molar-refractivity contribution in [3.8, 4) is 0 Å². The van der Waals surface area contributed by atoms with Crippen LogP contribution in [0.2, 0.25) is 0 Å². The third kappa shape index (κ3) is 3.19. The SMILES string of the molecule is O=C(NCCNc1cccnn1)C1CC1. The largest absolute Gasteiger partial charge is 0.367 e. The maximum Gasteiger partial charge on any atom is 0.223 e. The Morgan fingerprint density at radius 1 is 1.47 bits per heavy atom. The molecule has 1 fully saturated rings. The van der Waals surface area contributed by atoms with Crippen molar-refractivity contribution in [1.29, 1.82) is 0 Å². The summed E-state index contributed by atoms with van der Waals surface area (Å²) in [5, 5.41) is 13.5. The number of carbonyl (C=O) groups is 1. The molecular formula is C10H14N4O. The Labute approximate surface area is 88.3 Å². The molecule has 15 heavy (non-hydrogen) atoms. The summed E-state index contributed by atoms with van der Waals surface area (Å²) in [7, 11) is 0. The molecule has 0 aromatic carbocycles. The highest BCUT2D eigenvalue weighted by molar-refractivity contribution is 5.80. The molecule has 5 nitrogen and oxygen atoms in total. The molecule has 5 heteroatoms. The van der Waals surface area contributed by atoms with E-state index in [0.717, 1.165) is 18.7 Å². The summed E-state index contributed by atoms with van der Waals surface area (Å²) >= 11 is 0. The Morgan fingerprint density at radius 2 is 2.33 bits per heavy atom. The second-order valence-electron chi connectivity index (χ2n) is 3.60. The molecule has 0 unspecified atom stereocenters. The number of hydrogen-bond acceptors (Lipinski definition) is 4. The number of rotatable bonds is 5. The average Bonchev–Trinajstić information content (AvgIpc) is 3.09. The number of nitrogens with zero attached hydrogens (tertiary/aromatic N) is 2. The summed E-state index contributed by atoms with van der Waals surface area (Å²) in [6.45, 7) is 1.31. The summed E-state index contributed by atoms with van der Waals surface area (Å²) in [5.41, 5.74) is 0. The first-order valence-electron chi connectivity index (χ1n) is 5.15. The van der Waals surface area contributed by atoms with Gasteiger partial charge in [0.15, 0.2) is 0 Å². The lowest BCUT2D eigenvalue weighted by molar-refractivity contribution is -0.122. The second kappa shape index (κ2) is 4.72. The molecular weight excluding hydrogens is 192 g/mol. The van der Waals surface area contributed by atoms with Gasteiger partial charge in [0, 0.05) is 25.2 Å². The van der Waals surface area contributed by atoms with Gasteiger partial charge in [-0.15, -0.1) is 5.10 Å². The van der Waals surface area contributed by atoms with Gasteiger partial charge in [-0.1, -0.05) is 0 Å². The van der Waals surface area contributed by atoms with E-state index in [0.29, 0.717) is 13.1 Å². The van der Waals surface area contributed by atoms with Crippen molar-refractivity contribution in [2.45, 2.75) is 12.8 Å². The lowest BCUT2D eigenvalue weighted by Crippen LogP contribution is -2.29. The molecule has 0 saturated heterocycles. The summed E-state index contributed by atoms with van der Waals surface area (Å²) in [6, 6.07) is 3.66. The first kappa shape index (κ1) is 9.89. The topological polar surface area (TPSA) is 66.9 Å². The van der Waals surface area contributed by atoms with Gasteiger partial charge >= 0.3 is 0 Å². The van der Waals surface area contributed by atoms with Crippen molar-refractivity contribution >= 4 is 11.7 Å². The molecule has 1 saturated carbocycles. The minimum Gasteiger partial charge on any atom is -0.367 e. The first-order valence-corrected chi connectivity index (χ1v) is 5.15. The zero-order valence-corrected chi connectivity index (χ0v) is 8.44. The maximum atomic E-state index is 11.2. The monoisotopic (exact) mass is 206 g/mol. The van der Waals surface area contributed by atoms with Gasteiger partial charge in [0.05, 0.1) is 0 Å². The van der Waals surface area contributed by atoms with E-state index >= 15 is 0 Å². The Hall–Kier alpha value is -1.65. The molecule has 2 N–H and O–H groups in total. The fraction of sp³-hybridized carbons (Fsp3) is 0.500. The van der Waals surface area contributed by atoms with Crippen LogP contribution in [-0.2, 0) is 4.79 Å². The van der Waals surface area contributed by atoms with Crippen LogP contribution in [0, 0.1) is 5.92 Å². The molecule has 1 aliphatic rings. The van der Waals surface area contributed by atoms with E-state index in [1.54, 1.807) is 6.20 Å². The summed E-state index contributed by atoms with van der Waals surface area (Å²) in [6.07, 6.45) is 3.72. The molecule has 1 aromatic rings. The van der Waals surface area contributed by atoms with Crippen molar-refractivity contribution < 1.29 is 4.79 Å². The van der Waals surface area contributed by atoms with Gasteiger partial charge < -0.3 is 10.6 Å². The lowest BCUT2D eigenvalue weighted by Gasteiger charge is -2.05. The third-order valence-corrected chi connectivity index (χ3v) is 2.25. The third-order valence-electron chi connectivity index (χ3n) is 2.25. The van der Waals surface area contributed by atoms with Crippen LogP contribution in [0.1, 0.15) is 12.8 Å². The van der Waals surface area contributed by atoms with Crippen molar-refractivity contribution in [3.63, 3.8) is 0 Å². The van der Waals surface area contributed by atoms with Crippen LogP contribution < -0.4 is 10.6 Å². The first-order chi connectivity index (χ1) is 7.36. The van der Waals surface area contributed by atoms with Crippen LogP contribution in [0.5, 0.6) is 0 Å². The molecule has 0 spiro atoms. The lowest BCUT2D eigenvalue weighted by atomic mass is 10.4. The van der Waals surface area contributed by atoms with Crippen LogP contribution >= 0.6 is 0 Å². The van der Waals surface area contributed by atoms with Crippen molar-refractivity contribution in [2.24, 2.45) is 5.92 Å². The number of carbonyl (C=O) groups excluding carboxylic acids is 1. The van der Waals surface area contributed by atoms with Gasteiger partial charge in [-0.3, -0.25) is 4.79 Å². The van der Waals surface area contributed by atoms with Gasteiger partial charge in [0.2, 0.25) is 5.91 Å². The highest BCUT2D eigenvalue weighted by atomic mass is 16.2. The van der Waals surface area contributed by atoms with Gasteiger partial charge in [-0.25, -0.2) is 0 Å². The van der Waals surface area contributed by atoms with Crippen LogP contribution in [0.4, 0.5) is 5.82 Å². The summed E-state index contributed by atoms with van der Waals surface area (Å²) in [4.78, 5) is 11.2. The molecule has 1 heterocycles. The predicted molar refractivity (Wildman–Crippen MR) is 56.3 cm³/mol. The number of anilines is 1. The molecule has 0 radical (unpaired) electrons. The molecule has 1 aliphatic carbocycles. The smallest absolute Gasteiger partial charge is 0.223 e. The predicted octanol–water partition coefficient (Wildman–Crippen LogP) is 0.415. The Morgan fingerprint density at radius 3 is 3.00 bits per heavy atom. The van der Waals surface area contributed by atoms with Gasteiger partial charge in [-0.2, -0.15) is 5.10 Å². The highest BCUT2D eigenvalue weighted by Crippen LogP contribution is 2.28. The molecule has 80 valence electrons. The minimum atomic E-state index is 0.177. The molecule has 1 aromatic heterocycles. The molecule has 1 amide bonds. The Balaban J connectivity index is 1.60. The van der Waals surface area contributed by atoms with Crippen LogP contribution in [0.3, 0.4) is 0 Å². The van der Waals surface area contributed by atoms with Crippen LogP contribution in [0.25, 0.3) is 0 Å². The van der Waals surface area contributed by atoms with E-state index in [2.05, 4.69) is 20.8 Å². The fourth-order valence-electron chi connectivity index (χ4n) is 1.26. The van der Waals surface area contributed by atoms with Gasteiger partial charge in [0.1, 0.15) is 5.82 Å². The van der Waals surface area contributed by atoms with Crippen molar-refractivity contribution in [3.05, 3.63) is 18.3 Å². The van der Waals surface area contributed by atoms with Crippen LogP contribution in [0.15, 0.2) is 18.3 Å². The van der Waals surface area contributed by atoms with E-state index < -0.39 is 0 Å². The molecule has 0 aliphatic heterocycles. The maximum absolute atomic E-state index is 11.2. The summed E-state index contributed by atoms with van der Waals surface area (Å²) in [5.74, 6) is 1.19. The van der Waals surface area contributed by atoms with E-state index in [4.69, 9.17) is 0 Å². The van der Waals surface area contributed by atoms with Crippen molar-refractivity contribution in [1.82, 2.24) is 15.5 Å². The highest BCUT2D eigenvalue weighted by Gasteiger charge is 2.28. The standard InChI is InChI=1S/C10H14N4O/c15-10(8-3-4-8)12-7-6-11-9-2-1-5-13-14-9/h1-2,5,8H,3-4,6-7H2,(H,11,14)(H,12,15). The zero-order valence-electron chi connectivity index (χ0n) is 8.44. The van der Waals surface area contributed by atoms with E-state index in [9.17, 15) is 4.79 Å². The second-order valence-corrected chi connectivity index (χ2v) is 3.60. The molecule has 2 rings (SSSR count). The van der Waals surface area contributed by atoms with Crippen molar-refractivity contribution in [2.75, 3.05) is 18.4 Å². The van der Waals surface area contributed by atoms with Gasteiger partial charge in [0.25, 0.3) is 0 Å². The molecule has 0 atom stereocenters. The number of aromatic nitrogens is 2. The van der Waals surface area contributed by atoms with E-state index in [1.165, 1.54) is 0 Å². The Kier molecular flexibility index (Phi) is 3.11. The van der Waals surface area contributed by atoms with Gasteiger partial charge in [-0.05, 0) is 25.0 Å². The average molecular weight is 206 g/mol. The quantitative estimate of drug-likeness (QED) is 0.685. The fourth-order valence-corrected chi connectivity index (χ4v) is 1.26. The van der Waals surface area contributed by atoms with E-state index in [-0.39, 0.29) is 11.8 Å². The number of amides is 1. The summed E-state index contributed by atoms with van der Waals surface area (Å²) < 4.78 is 0. The normalized spacial score (nSPS) is 14.7. The minimum absolute atomic E-state index is 0.177. The number of nitrogens with one attached hydrogen (secondary N) is 2. The molecule has 0 bridgehead atoms. The van der Waals surface area contributed by atoms with Crippen LogP contribution in [-0.4, -0.2) is 29.2 Å². The Bertz CT molecular complexity index is 323. The number of hydrogen-bond donors (Lipinski definition) is 2. The van der Waals surface area contributed by atoms with E-state index in [1.807, 2.05) is 12.1 Å². The zero-order chi connectivity index (χ0) is 10.5.